The fourth-order valence-electron chi connectivity index (χ4n) is 2.52. The smallest absolute Gasteiger partial charge is 0.204 e. The highest BCUT2D eigenvalue weighted by molar-refractivity contribution is 7.73. The van der Waals surface area contributed by atoms with Crippen molar-refractivity contribution in [2.24, 2.45) is 0 Å². The lowest BCUT2D eigenvalue weighted by Gasteiger charge is -2.35. The number of aromatic nitrogens is 2. The van der Waals surface area contributed by atoms with Crippen LogP contribution in [0.3, 0.4) is 0 Å². The number of ether oxygens (including phenoxy) is 1. The predicted octanol–water partition coefficient (Wildman–Crippen LogP) is 1.48. The molecule has 2 atom stereocenters. The van der Waals surface area contributed by atoms with Crippen molar-refractivity contribution in [1.82, 2.24) is 15.1 Å². The normalized spacial score (nSPS) is 29.2. The molecule has 2 aliphatic rings. The van der Waals surface area contributed by atoms with Crippen LogP contribution < -0.4 is 5.32 Å². The molecule has 7 heteroatoms. The predicted molar refractivity (Wildman–Crippen MR) is 70.1 cm³/mol. The Morgan fingerprint density at radius 2 is 2.59 bits per heavy atom. The highest BCUT2D eigenvalue weighted by Crippen LogP contribution is 2.22. The molecular weight excluding hydrogens is 256 g/mol. The molecule has 2 fully saturated rings. The number of nitrogens with zero attached hydrogens (tertiary/aromatic N) is 2. The third-order valence-corrected chi connectivity index (χ3v) is 4.43. The lowest BCUT2D eigenvalue weighted by atomic mass is 10.2. The summed E-state index contributed by atoms with van der Waals surface area (Å²) in [5.41, 5.74) is 0. The van der Waals surface area contributed by atoms with Crippen molar-refractivity contribution in [2.45, 2.75) is 25.0 Å². The quantitative estimate of drug-likeness (QED) is 0.816. The summed E-state index contributed by atoms with van der Waals surface area (Å²) < 4.78 is 6.56. The Morgan fingerprint density at radius 3 is 3.41 bits per heavy atom. The second kappa shape index (κ2) is 5.01. The summed E-state index contributed by atoms with van der Waals surface area (Å²) in [4.78, 5) is 2.54. The van der Waals surface area contributed by atoms with E-state index in [-0.39, 0.29) is 6.10 Å². The van der Waals surface area contributed by atoms with Gasteiger partial charge in [0.1, 0.15) is 0 Å². The van der Waals surface area contributed by atoms with E-state index in [4.69, 9.17) is 17.0 Å². The van der Waals surface area contributed by atoms with Gasteiger partial charge >= 0.3 is 0 Å². The summed E-state index contributed by atoms with van der Waals surface area (Å²) in [6, 6.07) is 0.665. The third-order valence-electron chi connectivity index (χ3n) is 3.38. The van der Waals surface area contributed by atoms with Crippen LogP contribution in [-0.4, -0.2) is 53.5 Å². The lowest BCUT2D eigenvalue weighted by molar-refractivity contribution is -0.0415. The van der Waals surface area contributed by atoms with Gasteiger partial charge in [0, 0.05) is 19.1 Å². The number of hydrogen-bond donors (Lipinski definition) is 2. The van der Waals surface area contributed by atoms with E-state index in [9.17, 15) is 0 Å². The van der Waals surface area contributed by atoms with Gasteiger partial charge in [0.05, 0.1) is 12.7 Å². The number of morpholine rings is 1. The van der Waals surface area contributed by atoms with Gasteiger partial charge in [-0.05, 0) is 31.6 Å². The van der Waals surface area contributed by atoms with Crippen molar-refractivity contribution in [3.05, 3.63) is 3.95 Å². The largest absolute Gasteiger partial charge is 0.373 e. The van der Waals surface area contributed by atoms with E-state index < -0.39 is 0 Å². The maximum atomic E-state index is 5.86. The van der Waals surface area contributed by atoms with E-state index in [1.165, 1.54) is 30.7 Å². The van der Waals surface area contributed by atoms with Crippen molar-refractivity contribution < 1.29 is 4.74 Å². The van der Waals surface area contributed by atoms with Crippen LogP contribution in [0.4, 0.5) is 5.13 Å². The van der Waals surface area contributed by atoms with Crippen molar-refractivity contribution >= 4 is 28.7 Å². The number of H-pyrrole nitrogens is 1. The minimum Gasteiger partial charge on any atom is -0.373 e. The Kier molecular flexibility index (Phi) is 3.41. The second-order valence-corrected chi connectivity index (χ2v) is 6.21. The van der Waals surface area contributed by atoms with Crippen LogP contribution in [0.2, 0.25) is 0 Å². The fraction of sp³-hybridized carbons (Fsp3) is 0.800. The van der Waals surface area contributed by atoms with Crippen molar-refractivity contribution in [2.75, 3.05) is 31.6 Å². The first kappa shape index (κ1) is 11.6. The minimum absolute atomic E-state index is 0.266. The zero-order valence-corrected chi connectivity index (χ0v) is 11.1. The molecule has 0 amide bonds. The number of aromatic amines is 1. The van der Waals surface area contributed by atoms with E-state index in [1.54, 1.807) is 0 Å². The summed E-state index contributed by atoms with van der Waals surface area (Å²) in [6.45, 7) is 3.95. The molecule has 2 N–H and O–H groups in total. The highest BCUT2D eigenvalue weighted by atomic mass is 32.1. The van der Waals surface area contributed by atoms with Gasteiger partial charge in [-0.2, -0.15) is 0 Å². The van der Waals surface area contributed by atoms with E-state index in [2.05, 4.69) is 20.4 Å². The van der Waals surface area contributed by atoms with Gasteiger partial charge in [-0.1, -0.05) is 11.3 Å². The summed E-state index contributed by atoms with van der Waals surface area (Å²) >= 11 is 6.45. The molecule has 3 rings (SSSR count). The molecule has 1 aromatic heterocycles. The fourth-order valence-corrected chi connectivity index (χ4v) is 3.31. The van der Waals surface area contributed by atoms with E-state index in [0.717, 1.165) is 24.8 Å². The van der Waals surface area contributed by atoms with Gasteiger partial charge in [0.25, 0.3) is 0 Å². The van der Waals surface area contributed by atoms with Crippen LogP contribution in [0.25, 0.3) is 0 Å². The maximum absolute atomic E-state index is 5.86. The molecule has 5 nitrogen and oxygen atoms in total. The van der Waals surface area contributed by atoms with Crippen molar-refractivity contribution in [3.63, 3.8) is 0 Å². The van der Waals surface area contributed by atoms with E-state index >= 15 is 0 Å². The summed E-state index contributed by atoms with van der Waals surface area (Å²) in [5.74, 6) is 0. The third kappa shape index (κ3) is 2.67. The number of nitrogens with one attached hydrogen (secondary N) is 2. The van der Waals surface area contributed by atoms with Crippen molar-refractivity contribution in [3.8, 4) is 0 Å². The topological polar surface area (TPSA) is 53.2 Å². The maximum Gasteiger partial charge on any atom is 0.204 e. The average molecular weight is 272 g/mol. The Bertz CT molecular complexity index is 432. The molecule has 0 bridgehead atoms. The number of fused-ring (bicyclic) bond motifs is 1. The minimum atomic E-state index is 0.266. The van der Waals surface area contributed by atoms with Gasteiger partial charge < -0.3 is 10.1 Å². The summed E-state index contributed by atoms with van der Waals surface area (Å²) in [6.07, 6.45) is 2.87. The Hall–Kier alpha value is -0.500. The van der Waals surface area contributed by atoms with Crippen LogP contribution in [0.1, 0.15) is 12.8 Å². The van der Waals surface area contributed by atoms with Crippen LogP contribution >= 0.6 is 23.6 Å². The SMILES string of the molecule is S=c1[nH]nc(NCC2CN3CCCC3CO2)s1. The molecule has 0 aliphatic carbocycles. The molecule has 94 valence electrons. The standard InChI is InChI=1S/C10H16N4OS2/c16-10-13-12-9(17-10)11-4-8-5-14-3-1-2-7(14)6-15-8/h7-8H,1-6H2,(H,11,12)(H,13,16). The first-order chi connectivity index (χ1) is 8.31. The first-order valence-electron chi connectivity index (χ1n) is 5.96. The molecule has 2 unspecified atom stereocenters. The highest BCUT2D eigenvalue weighted by Gasteiger charge is 2.31. The molecule has 1 aromatic rings. The second-order valence-electron chi connectivity index (χ2n) is 4.55. The number of rotatable bonds is 3. The molecule has 0 radical (unpaired) electrons. The van der Waals surface area contributed by atoms with Gasteiger partial charge in [-0.15, -0.1) is 5.10 Å². The molecule has 17 heavy (non-hydrogen) atoms. The average Bonchev–Trinajstić information content (AvgIpc) is 2.94. The van der Waals surface area contributed by atoms with Gasteiger partial charge in [0.2, 0.25) is 5.13 Å². The van der Waals surface area contributed by atoms with E-state index in [0.29, 0.717) is 10.00 Å². The summed E-state index contributed by atoms with van der Waals surface area (Å²) in [5, 5.41) is 11.0. The van der Waals surface area contributed by atoms with Crippen LogP contribution in [0.5, 0.6) is 0 Å². The molecule has 0 saturated carbocycles. The van der Waals surface area contributed by atoms with Gasteiger partial charge in [-0.25, -0.2) is 0 Å². The Labute approximate surface area is 109 Å². The summed E-state index contributed by atoms with van der Waals surface area (Å²) in [7, 11) is 0. The van der Waals surface area contributed by atoms with Crippen LogP contribution in [0.15, 0.2) is 0 Å². The molecule has 2 aliphatic heterocycles. The monoisotopic (exact) mass is 272 g/mol. The number of anilines is 1. The Balaban J connectivity index is 1.51. The molecule has 2 saturated heterocycles. The van der Waals surface area contributed by atoms with E-state index in [1.807, 2.05) is 0 Å². The van der Waals surface area contributed by atoms with Gasteiger partial charge in [-0.3, -0.25) is 10.00 Å². The molecule has 0 spiro atoms. The van der Waals surface area contributed by atoms with Crippen LogP contribution in [-0.2, 0) is 4.74 Å². The zero-order chi connectivity index (χ0) is 11.7. The molecular formula is C10H16N4OS2. The molecule has 0 aromatic carbocycles. The van der Waals surface area contributed by atoms with Crippen molar-refractivity contribution in [1.29, 1.82) is 0 Å². The van der Waals surface area contributed by atoms with Crippen LogP contribution in [0, 0.1) is 3.95 Å². The zero-order valence-electron chi connectivity index (χ0n) is 9.52. The lowest BCUT2D eigenvalue weighted by Crippen LogP contribution is -2.48. The first-order valence-corrected chi connectivity index (χ1v) is 7.19. The Morgan fingerprint density at radius 1 is 1.65 bits per heavy atom. The molecule has 3 heterocycles. The number of hydrogen-bond acceptors (Lipinski definition) is 6. The van der Waals surface area contributed by atoms with Gasteiger partial charge in [0.15, 0.2) is 3.95 Å².